The van der Waals surface area contributed by atoms with Gasteiger partial charge < -0.3 is 0 Å². The standard InChI is InChI=1S/C13H16N2O10/c16-8-4-5-9(17)14(8,22)24-12(20)2-1-3-13(21)25-15(23)10(18)6-7-11(15)19/h22-23H,1-7H2/q+2. The van der Waals surface area contributed by atoms with Crippen molar-refractivity contribution in [2.75, 3.05) is 0 Å². The van der Waals surface area contributed by atoms with E-state index in [-0.39, 0.29) is 32.1 Å². The lowest BCUT2D eigenvalue weighted by atomic mass is 10.2. The van der Waals surface area contributed by atoms with Crippen molar-refractivity contribution >= 4 is 35.6 Å². The minimum absolute atomic E-state index is 0.192. The first-order valence-corrected chi connectivity index (χ1v) is 7.41. The number of hydroxylamine groups is 8. The lowest BCUT2D eigenvalue weighted by Crippen LogP contribution is -2.50. The molecule has 0 aliphatic carbocycles. The maximum Gasteiger partial charge on any atom is 0.397 e. The summed E-state index contributed by atoms with van der Waals surface area (Å²) in [6.45, 7) is 0. The van der Waals surface area contributed by atoms with Crippen molar-refractivity contribution in [2.45, 2.75) is 44.9 Å². The molecule has 4 amide bonds. The molecule has 2 heterocycles. The van der Waals surface area contributed by atoms with E-state index in [9.17, 15) is 39.2 Å². The Morgan fingerprint density at radius 2 is 1.00 bits per heavy atom. The molecule has 2 N–H and O–H groups in total. The molecule has 2 rings (SSSR count). The third-order valence-electron chi connectivity index (χ3n) is 3.69. The molecule has 0 atom stereocenters. The molecule has 0 radical (unpaired) electrons. The van der Waals surface area contributed by atoms with Crippen molar-refractivity contribution in [3.63, 3.8) is 0 Å². The molecule has 2 aliphatic heterocycles. The first-order valence-electron chi connectivity index (χ1n) is 7.41. The summed E-state index contributed by atoms with van der Waals surface area (Å²) in [6, 6.07) is 0. The Hall–Kier alpha value is -2.54. The third kappa shape index (κ3) is 3.61. The largest absolute Gasteiger partial charge is 0.397 e. The predicted molar refractivity (Wildman–Crippen MR) is 68.6 cm³/mol. The first-order chi connectivity index (χ1) is 11.6. The predicted octanol–water partition coefficient (Wildman–Crippen LogP) is -0.821. The Labute approximate surface area is 140 Å². The number of rotatable bonds is 6. The maximum atomic E-state index is 11.6. The fourth-order valence-corrected chi connectivity index (χ4v) is 2.28. The van der Waals surface area contributed by atoms with Crippen molar-refractivity contribution in [1.29, 1.82) is 0 Å². The third-order valence-corrected chi connectivity index (χ3v) is 3.69. The second-order valence-electron chi connectivity index (χ2n) is 5.51. The summed E-state index contributed by atoms with van der Waals surface area (Å²) in [7, 11) is 0. The van der Waals surface area contributed by atoms with E-state index in [0.717, 1.165) is 0 Å². The second-order valence-corrected chi connectivity index (χ2v) is 5.51. The number of amides is 4. The zero-order valence-electron chi connectivity index (χ0n) is 13.0. The van der Waals surface area contributed by atoms with Crippen molar-refractivity contribution in [1.82, 2.24) is 0 Å². The quantitative estimate of drug-likeness (QED) is 0.348. The zero-order chi connectivity index (χ0) is 18.8. The van der Waals surface area contributed by atoms with Gasteiger partial charge in [-0.15, -0.1) is 0 Å². The summed E-state index contributed by atoms with van der Waals surface area (Å²) in [6.07, 6.45) is -2.13. The van der Waals surface area contributed by atoms with Crippen LogP contribution in [0, 0.1) is 0 Å². The molecule has 0 aromatic heterocycles. The highest BCUT2D eigenvalue weighted by Crippen LogP contribution is 2.23. The highest BCUT2D eigenvalue weighted by Gasteiger charge is 2.56. The normalized spacial score (nSPS) is 21.5. The second kappa shape index (κ2) is 6.76. The highest BCUT2D eigenvalue weighted by molar-refractivity contribution is 5.91. The van der Waals surface area contributed by atoms with Gasteiger partial charge in [-0.25, -0.2) is 38.4 Å². The van der Waals surface area contributed by atoms with Crippen LogP contribution in [0.5, 0.6) is 0 Å². The van der Waals surface area contributed by atoms with Crippen LogP contribution in [-0.2, 0) is 38.4 Å². The average molecular weight is 360 g/mol. The molecule has 0 aromatic rings. The van der Waals surface area contributed by atoms with Gasteiger partial charge in [0.1, 0.15) is 9.62 Å². The van der Waals surface area contributed by atoms with Crippen LogP contribution < -0.4 is 0 Å². The number of imide groups is 2. The van der Waals surface area contributed by atoms with E-state index >= 15 is 0 Å². The van der Waals surface area contributed by atoms with Crippen LogP contribution in [0.2, 0.25) is 0 Å². The van der Waals surface area contributed by atoms with Crippen LogP contribution in [-0.4, -0.2) is 55.6 Å². The van der Waals surface area contributed by atoms with Gasteiger partial charge in [0, 0.05) is 0 Å². The van der Waals surface area contributed by atoms with E-state index in [4.69, 9.17) is 0 Å². The number of quaternary nitrogens is 2. The van der Waals surface area contributed by atoms with E-state index in [1.807, 2.05) is 0 Å². The first kappa shape index (κ1) is 18.8. The molecule has 136 valence electrons. The van der Waals surface area contributed by atoms with Crippen molar-refractivity contribution in [3.05, 3.63) is 0 Å². The molecule has 0 spiro atoms. The fourth-order valence-electron chi connectivity index (χ4n) is 2.28. The van der Waals surface area contributed by atoms with Crippen LogP contribution >= 0.6 is 0 Å². The molecule has 25 heavy (non-hydrogen) atoms. The number of hydrogen-bond acceptors (Lipinski definition) is 10. The Balaban J connectivity index is 1.79. The summed E-state index contributed by atoms with van der Waals surface area (Å²) in [5, 5.41) is 19.4. The van der Waals surface area contributed by atoms with Gasteiger partial charge in [0.05, 0.1) is 38.5 Å². The Bertz CT molecular complexity index is 582. The molecule has 2 aliphatic rings. The van der Waals surface area contributed by atoms with Crippen molar-refractivity contribution in [3.8, 4) is 0 Å². The van der Waals surface area contributed by atoms with Gasteiger partial charge in [0.15, 0.2) is 0 Å². The summed E-state index contributed by atoms with van der Waals surface area (Å²) >= 11 is 0. The van der Waals surface area contributed by atoms with Gasteiger partial charge in [-0.05, 0) is 6.42 Å². The molecule has 2 fully saturated rings. The summed E-state index contributed by atoms with van der Waals surface area (Å²) in [4.78, 5) is 73.4. The van der Waals surface area contributed by atoms with E-state index < -0.39 is 58.0 Å². The van der Waals surface area contributed by atoms with Crippen LogP contribution in [0.4, 0.5) is 0 Å². The summed E-state index contributed by atoms with van der Waals surface area (Å²) < 4.78 is 0. The molecule has 2 saturated heterocycles. The Morgan fingerprint density at radius 1 is 0.720 bits per heavy atom. The van der Waals surface area contributed by atoms with Crippen LogP contribution in [0.15, 0.2) is 0 Å². The van der Waals surface area contributed by atoms with Gasteiger partial charge in [-0.2, -0.15) is 10.4 Å². The number of hydrogen-bond donors (Lipinski definition) is 2. The van der Waals surface area contributed by atoms with Gasteiger partial charge in [0.25, 0.3) is 0 Å². The van der Waals surface area contributed by atoms with Gasteiger partial charge >= 0.3 is 35.6 Å². The minimum atomic E-state index is -2.05. The Kier molecular flexibility index (Phi) is 5.08. The molecule has 0 bridgehead atoms. The molecule has 0 saturated carbocycles. The zero-order valence-corrected chi connectivity index (χ0v) is 13.0. The monoisotopic (exact) mass is 360 g/mol. The molecule has 0 aromatic carbocycles. The van der Waals surface area contributed by atoms with Gasteiger partial charge in [-0.3, -0.25) is 0 Å². The van der Waals surface area contributed by atoms with Crippen LogP contribution in [0.25, 0.3) is 0 Å². The van der Waals surface area contributed by atoms with E-state index in [2.05, 4.69) is 9.68 Å². The summed E-state index contributed by atoms with van der Waals surface area (Å²) in [5.41, 5.74) is 0. The molecular formula is C13H16N2O10+2. The molecule has 12 heteroatoms. The topological polar surface area (TPSA) is 161 Å². The number of nitrogens with zero attached hydrogens (tertiary/aromatic N) is 2. The van der Waals surface area contributed by atoms with Gasteiger partial charge in [0.2, 0.25) is 0 Å². The SMILES string of the molecule is O=C(CCCC(=O)O[N+]1(O)C(=O)CCC1=O)O[N+]1(O)C(=O)CCC1=O. The smallest absolute Gasteiger partial charge is 0.245 e. The maximum absolute atomic E-state index is 11.6. The average Bonchev–Trinajstić information content (AvgIpc) is 2.92. The van der Waals surface area contributed by atoms with E-state index in [1.165, 1.54) is 0 Å². The van der Waals surface area contributed by atoms with E-state index in [1.54, 1.807) is 0 Å². The summed E-state index contributed by atoms with van der Waals surface area (Å²) in [5.74, 6) is -6.13. The lowest BCUT2D eigenvalue weighted by molar-refractivity contribution is -1.12. The van der Waals surface area contributed by atoms with Crippen LogP contribution in [0.3, 0.4) is 0 Å². The number of carbonyl (C=O) groups excluding carboxylic acids is 6. The lowest BCUT2D eigenvalue weighted by Gasteiger charge is -2.16. The van der Waals surface area contributed by atoms with Gasteiger partial charge in [-0.1, -0.05) is 0 Å². The minimum Gasteiger partial charge on any atom is -0.245 e. The number of carbonyl (C=O) groups is 6. The van der Waals surface area contributed by atoms with Crippen molar-refractivity contribution in [2.24, 2.45) is 0 Å². The molecule has 0 unspecified atom stereocenters. The highest BCUT2D eigenvalue weighted by atomic mass is 17.0. The molecule has 12 nitrogen and oxygen atoms in total. The van der Waals surface area contributed by atoms with E-state index in [0.29, 0.717) is 0 Å². The van der Waals surface area contributed by atoms with Crippen molar-refractivity contribution < 1.29 is 58.5 Å². The Morgan fingerprint density at radius 3 is 1.28 bits per heavy atom. The fraction of sp³-hybridized carbons (Fsp3) is 0.538. The van der Waals surface area contributed by atoms with Crippen LogP contribution in [0.1, 0.15) is 44.9 Å². The molecular weight excluding hydrogens is 344 g/mol.